The van der Waals surface area contributed by atoms with Crippen LogP contribution in [-0.2, 0) is 22.6 Å². The molecule has 3 N–H and O–H groups in total. The zero-order chi connectivity index (χ0) is 17.3. The lowest BCUT2D eigenvalue weighted by Gasteiger charge is -2.22. The number of aliphatic imine (C=N–C) groups is 1. The number of nitrogens with zero attached hydrogens (tertiary/aromatic N) is 1. The first kappa shape index (κ1) is 17.5. The predicted molar refractivity (Wildman–Crippen MR) is 100 cm³/mol. The Morgan fingerprint density at radius 1 is 1.08 bits per heavy atom. The summed E-state index contributed by atoms with van der Waals surface area (Å²) in [6.45, 7) is 2.76. The molecule has 1 aliphatic heterocycles. The second-order valence-corrected chi connectivity index (χ2v) is 6.14. The standard InChI is InChI=1S/C20H25N3O2/c21-20(23-18-7-2-1-3-8-18)22-14-16-5-4-6-17(13-16)15-25-19-9-11-24-12-10-19/h1-8,13,19H,9-12,14-15H2,(H3,21,22,23). The van der Waals surface area contributed by atoms with Gasteiger partial charge in [0, 0.05) is 18.9 Å². The molecule has 5 nitrogen and oxygen atoms in total. The van der Waals surface area contributed by atoms with Crippen LogP contribution in [0, 0.1) is 0 Å². The first-order valence-corrected chi connectivity index (χ1v) is 8.69. The van der Waals surface area contributed by atoms with Crippen LogP contribution in [0.2, 0.25) is 0 Å². The van der Waals surface area contributed by atoms with E-state index in [1.807, 2.05) is 36.4 Å². The SMILES string of the molecule is NC(=NCc1cccc(COC2CCOCC2)c1)Nc1ccccc1. The van der Waals surface area contributed by atoms with Gasteiger partial charge in [-0.1, -0.05) is 42.5 Å². The number of benzene rings is 2. The van der Waals surface area contributed by atoms with Crippen LogP contribution in [0.4, 0.5) is 5.69 Å². The van der Waals surface area contributed by atoms with E-state index in [-0.39, 0.29) is 0 Å². The molecule has 0 unspecified atom stereocenters. The van der Waals surface area contributed by atoms with Gasteiger partial charge in [0.2, 0.25) is 0 Å². The Kier molecular flexibility index (Phi) is 6.42. The maximum absolute atomic E-state index is 5.98. The van der Waals surface area contributed by atoms with Crippen molar-refractivity contribution in [3.63, 3.8) is 0 Å². The number of para-hydroxylation sites is 1. The third kappa shape index (κ3) is 5.89. The van der Waals surface area contributed by atoms with Gasteiger partial charge in [0.05, 0.1) is 19.3 Å². The lowest BCUT2D eigenvalue weighted by Crippen LogP contribution is -2.23. The molecule has 5 heteroatoms. The molecule has 0 aliphatic carbocycles. The molecule has 1 saturated heterocycles. The van der Waals surface area contributed by atoms with E-state index in [4.69, 9.17) is 15.2 Å². The van der Waals surface area contributed by atoms with E-state index in [9.17, 15) is 0 Å². The molecule has 3 rings (SSSR count). The molecule has 0 bridgehead atoms. The van der Waals surface area contributed by atoms with Crippen molar-refractivity contribution < 1.29 is 9.47 Å². The smallest absolute Gasteiger partial charge is 0.193 e. The van der Waals surface area contributed by atoms with Crippen molar-refractivity contribution in [2.24, 2.45) is 10.7 Å². The summed E-state index contributed by atoms with van der Waals surface area (Å²) in [6.07, 6.45) is 2.26. The molecule has 1 heterocycles. The molecule has 0 amide bonds. The summed E-state index contributed by atoms with van der Waals surface area (Å²) in [6, 6.07) is 18.1. The number of hydrogen-bond acceptors (Lipinski definition) is 3. The fourth-order valence-electron chi connectivity index (χ4n) is 2.76. The van der Waals surface area contributed by atoms with Crippen molar-refractivity contribution in [1.29, 1.82) is 0 Å². The number of guanidine groups is 1. The molecule has 0 saturated carbocycles. The summed E-state index contributed by atoms with van der Waals surface area (Å²) >= 11 is 0. The third-order valence-corrected chi connectivity index (χ3v) is 4.12. The first-order chi connectivity index (χ1) is 12.3. The highest BCUT2D eigenvalue weighted by Crippen LogP contribution is 2.14. The molecular weight excluding hydrogens is 314 g/mol. The summed E-state index contributed by atoms with van der Waals surface area (Å²) < 4.78 is 11.3. The number of nitrogens with one attached hydrogen (secondary N) is 1. The second-order valence-electron chi connectivity index (χ2n) is 6.14. The van der Waals surface area contributed by atoms with Gasteiger partial charge < -0.3 is 20.5 Å². The average molecular weight is 339 g/mol. The molecular formula is C20H25N3O2. The minimum Gasteiger partial charge on any atom is -0.381 e. The van der Waals surface area contributed by atoms with E-state index >= 15 is 0 Å². The van der Waals surface area contributed by atoms with Crippen LogP contribution in [0.15, 0.2) is 59.6 Å². The zero-order valence-corrected chi connectivity index (χ0v) is 14.4. The van der Waals surface area contributed by atoms with Crippen molar-refractivity contribution in [3.05, 3.63) is 65.7 Å². The topological polar surface area (TPSA) is 68.9 Å². The van der Waals surface area contributed by atoms with Gasteiger partial charge in [0.1, 0.15) is 0 Å². The van der Waals surface area contributed by atoms with Crippen LogP contribution in [0.1, 0.15) is 24.0 Å². The van der Waals surface area contributed by atoms with Crippen LogP contribution < -0.4 is 11.1 Å². The van der Waals surface area contributed by atoms with E-state index in [0.29, 0.717) is 25.2 Å². The van der Waals surface area contributed by atoms with Crippen LogP contribution in [0.5, 0.6) is 0 Å². The summed E-state index contributed by atoms with van der Waals surface area (Å²) in [4.78, 5) is 4.41. The van der Waals surface area contributed by atoms with Crippen LogP contribution >= 0.6 is 0 Å². The highest BCUT2D eigenvalue weighted by Gasteiger charge is 2.13. The monoisotopic (exact) mass is 339 g/mol. The van der Waals surface area contributed by atoms with E-state index in [1.54, 1.807) is 0 Å². The number of rotatable bonds is 6. The van der Waals surface area contributed by atoms with Gasteiger partial charge in [0.15, 0.2) is 5.96 Å². The number of ether oxygens (including phenoxy) is 2. The predicted octanol–water partition coefficient (Wildman–Crippen LogP) is 3.31. The van der Waals surface area contributed by atoms with Crippen molar-refractivity contribution in [3.8, 4) is 0 Å². The molecule has 1 aliphatic rings. The van der Waals surface area contributed by atoms with E-state index < -0.39 is 0 Å². The summed E-state index contributed by atoms with van der Waals surface area (Å²) in [7, 11) is 0. The molecule has 0 aromatic heterocycles. The van der Waals surface area contributed by atoms with E-state index in [1.165, 1.54) is 0 Å². The Bertz CT molecular complexity index is 682. The molecule has 2 aromatic carbocycles. The van der Waals surface area contributed by atoms with Crippen LogP contribution in [0.3, 0.4) is 0 Å². The lowest BCUT2D eigenvalue weighted by molar-refractivity contribution is -0.0390. The number of hydrogen-bond donors (Lipinski definition) is 2. The Balaban J connectivity index is 1.51. The van der Waals surface area contributed by atoms with Gasteiger partial charge in [-0.05, 0) is 36.1 Å². The van der Waals surface area contributed by atoms with Gasteiger partial charge in [-0.2, -0.15) is 0 Å². The number of nitrogens with two attached hydrogens (primary N) is 1. The van der Waals surface area contributed by atoms with E-state index in [0.717, 1.165) is 42.9 Å². The van der Waals surface area contributed by atoms with Crippen LogP contribution in [0.25, 0.3) is 0 Å². The maximum Gasteiger partial charge on any atom is 0.193 e. The largest absolute Gasteiger partial charge is 0.381 e. The van der Waals surface area contributed by atoms with Gasteiger partial charge in [-0.3, -0.25) is 0 Å². The molecule has 0 spiro atoms. The fraction of sp³-hybridized carbons (Fsp3) is 0.350. The molecule has 132 valence electrons. The summed E-state index contributed by atoms with van der Waals surface area (Å²) in [5.41, 5.74) is 9.16. The van der Waals surface area contributed by atoms with Crippen LogP contribution in [-0.4, -0.2) is 25.3 Å². The Hall–Kier alpha value is -2.37. The Morgan fingerprint density at radius 2 is 1.84 bits per heavy atom. The van der Waals surface area contributed by atoms with Crippen molar-refractivity contribution in [2.45, 2.75) is 32.1 Å². The Labute approximate surface area is 148 Å². The summed E-state index contributed by atoms with van der Waals surface area (Å²) in [5.74, 6) is 0.412. The third-order valence-electron chi connectivity index (χ3n) is 4.12. The second kappa shape index (κ2) is 9.20. The maximum atomic E-state index is 5.98. The van der Waals surface area contributed by atoms with Gasteiger partial charge in [0.25, 0.3) is 0 Å². The van der Waals surface area contributed by atoms with Crippen molar-refractivity contribution >= 4 is 11.6 Å². The normalized spacial score (nSPS) is 15.9. The van der Waals surface area contributed by atoms with Crippen molar-refractivity contribution in [1.82, 2.24) is 0 Å². The average Bonchev–Trinajstić information content (AvgIpc) is 2.67. The van der Waals surface area contributed by atoms with Gasteiger partial charge >= 0.3 is 0 Å². The molecule has 0 radical (unpaired) electrons. The minimum atomic E-state index is 0.307. The summed E-state index contributed by atoms with van der Waals surface area (Å²) in [5, 5.41) is 3.09. The first-order valence-electron chi connectivity index (χ1n) is 8.69. The van der Waals surface area contributed by atoms with Gasteiger partial charge in [-0.25, -0.2) is 4.99 Å². The molecule has 2 aromatic rings. The highest BCUT2D eigenvalue weighted by atomic mass is 16.5. The lowest BCUT2D eigenvalue weighted by atomic mass is 10.1. The molecule has 1 fully saturated rings. The van der Waals surface area contributed by atoms with Crippen molar-refractivity contribution in [2.75, 3.05) is 18.5 Å². The van der Waals surface area contributed by atoms with E-state index in [2.05, 4.69) is 28.5 Å². The molecule has 25 heavy (non-hydrogen) atoms. The minimum absolute atomic E-state index is 0.307. The molecule has 0 atom stereocenters. The zero-order valence-electron chi connectivity index (χ0n) is 14.4. The highest BCUT2D eigenvalue weighted by molar-refractivity contribution is 5.92. The quantitative estimate of drug-likeness (QED) is 0.626. The van der Waals surface area contributed by atoms with Gasteiger partial charge in [-0.15, -0.1) is 0 Å². The Morgan fingerprint density at radius 3 is 2.64 bits per heavy atom. The fourth-order valence-corrected chi connectivity index (χ4v) is 2.76. The number of anilines is 1.